The second-order valence-corrected chi connectivity index (χ2v) is 8.42. The Morgan fingerprint density at radius 1 is 1.05 bits per heavy atom. The number of carbonyl (C=O) groups is 3. The molecule has 3 rings (SSSR count). The number of rotatable bonds is 12. The Kier molecular flexibility index (Phi) is 8.88. The van der Waals surface area contributed by atoms with Gasteiger partial charge in [0.15, 0.2) is 17.0 Å². The summed E-state index contributed by atoms with van der Waals surface area (Å²) >= 11 is 0. The normalized spacial score (nSPS) is 12.4. The molecule has 12 heteroatoms. The average Bonchev–Trinajstić information content (AvgIpc) is 2.86. The molecule has 2 aromatic heterocycles. The van der Waals surface area contributed by atoms with Crippen LogP contribution in [0.3, 0.4) is 0 Å². The zero-order valence-corrected chi connectivity index (χ0v) is 19.9. The monoisotopic (exact) mass is 505 g/mol. The molecular formula is C25H27N7O5. The maximum Gasteiger partial charge on any atom is 0.326 e. The first-order valence-electron chi connectivity index (χ1n) is 11.5. The predicted molar refractivity (Wildman–Crippen MR) is 135 cm³/mol. The quantitative estimate of drug-likeness (QED) is 0.177. The fourth-order valence-electron chi connectivity index (χ4n) is 3.84. The highest BCUT2D eigenvalue weighted by Gasteiger charge is 2.22. The molecule has 2 atom stereocenters. The van der Waals surface area contributed by atoms with E-state index in [1.54, 1.807) is 30.5 Å². The largest absolute Gasteiger partial charge is 0.481 e. The molecule has 7 N–H and O–H groups in total. The lowest BCUT2D eigenvalue weighted by atomic mass is 9.89. The van der Waals surface area contributed by atoms with Crippen LogP contribution in [0.5, 0.6) is 0 Å². The zero-order chi connectivity index (χ0) is 26.9. The zero-order valence-electron chi connectivity index (χ0n) is 19.9. The summed E-state index contributed by atoms with van der Waals surface area (Å²) in [4.78, 5) is 51.6. The van der Waals surface area contributed by atoms with Gasteiger partial charge in [0.05, 0.1) is 11.9 Å². The summed E-state index contributed by atoms with van der Waals surface area (Å²) in [5.74, 6) is -0.270. The number of nitrogens with one attached hydrogen (secondary N) is 1. The van der Waals surface area contributed by atoms with Crippen LogP contribution in [0.1, 0.15) is 59.6 Å². The van der Waals surface area contributed by atoms with Crippen LogP contribution in [0.15, 0.2) is 30.5 Å². The van der Waals surface area contributed by atoms with Gasteiger partial charge in [-0.1, -0.05) is 12.1 Å². The van der Waals surface area contributed by atoms with Gasteiger partial charge in [0, 0.05) is 18.4 Å². The number of benzene rings is 1. The molecule has 0 aliphatic carbocycles. The minimum atomic E-state index is -1.31. The number of hydrogen-bond donors (Lipinski definition) is 5. The number of amides is 1. The summed E-state index contributed by atoms with van der Waals surface area (Å²) in [6.07, 6.45) is 9.07. The van der Waals surface area contributed by atoms with E-state index in [1.165, 1.54) is 0 Å². The maximum absolute atomic E-state index is 12.6. The van der Waals surface area contributed by atoms with E-state index in [0.29, 0.717) is 29.7 Å². The summed E-state index contributed by atoms with van der Waals surface area (Å²) < 4.78 is 0. The van der Waals surface area contributed by atoms with E-state index in [2.05, 4.69) is 31.2 Å². The number of nitrogens with two attached hydrogens (primary N) is 2. The maximum atomic E-state index is 12.6. The fraction of sp³-hybridized carbons (Fsp3) is 0.320. The lowest BCUT2D eigenvalue weighted by molar-refractivity contribution is -0.140. The third-order valence-electron chi connectivity index (χ3n) is 5.72. The number of carbonyl (C=O) groups excluding carboxylic acids is 1. The number of fused-ring (bicyclic) bond motifs is 1. The summed E-state index contributed by atoms with van der Waals surface area (Å²) in [6.45, 7) is 0. The number of unbranched alkanes of at least 4 members (excludes halogenated alkanes) is 1. The third-order valence-corrected chi connectivity index (χ3v) is 5.72. The van der Waals surface area contributed by atoms with Crippen LogP contribution in [-0.4, -0.2) is 54.0 Å². The highest BCUT2D eigenvalue weighted by molar-refractivity contribution is 5.96. The molecule has 0 saturated heterocycles. The van der Waals surface area contributed by atoms with Crippen molar-refractivity contribution in [1.82, 2.24) is 25.3 Å². The van der Waals surface area contributed by atoms with Crippen LogP contribution in [0, 0.1) is 12.3 Å². The molecule has 0 fully saturated rings. The molecule has 37 heavy (non-hydrogen) atoms. The van der Waals surface area contributed by atoms with Crippen molar-refractivity contribution < 1.29 is 24.6 Å². The topological polar surface area (TPSA) is 207 Å². The number of nitrogens with zero attached hydrogens (tertiary/aromatic N) is 4. The van der Waals surface area contributed by atoms with Gasteiger partial charge in [-0.2, -0.15) is 9.97 Å². The smallest absolute Gasteiger partial charge is 0.326 e. The number of hydrogen-bond acceptors (Lipinski definition) is 9. The van der Waals surface area contributed by atoms with Gasteiger partial charge in [-0.05, 0) is 49.3 Å². The van der Waals surface area contributed by atoms with Crippen molar-refractivity contribution in [3.8, 4) is 12.3 Å². The highest BCUT2D eigenvalue weighted by Crippen LogP contribution is 2.27. The van der Waals surface area contributed by atoms with E-state index in [-0.39, 0.29) is 36.1 Å². The number of aliphatic carboxylic acids is 2. The molecule has 0 saturated carbocycles. The third kappa shape index (κ3) is 7.35. The number of anilines is 2. The van der Waals surface area contributed by atoms with Crippen LogP contribution in [0.25, 0.3) is 11.2 Å². The number of terminal acetylenes is 1. The molecule has 0 aliphatic rings. The number of nitrogen functional groups attached to an aromatic ring is 2. The lowest BCUT2D eigenvalue weighted by Gasteiger charge is -2.18. The Morgan fingerprint density at radius 2 is 1.78 bits per heavy atom. The molecule has 192 valence electrons. The van der Waals surface area contributed by atoms with E-state index < -0.39 is 23.9 Å². The predicted octanol–water partition coefficient (Wildman–Crippen LogP) is 1.76. The Bertz CT molecular complexity index is 1340. The van der Waals surface area contributed by atoms with Crippen molar-refractivity contribution >= 4 is 40.8 Å². The van der Waals surface area contributed by atoms with Crippen molar-refractivity contribution in [3.63, 3.8) is 0 Å². The minimum absolute atomic E-state index is 0.00419. The van der Waals surface area contributed by atoms with E-state index in [1.807, 2.05) is 0 Å². The van der Waals surface area contributed by atoms with Crippen molar-refractivity contribution in [2.24, 2.45) is 0 Å². The minimum Gasteiger partial charge on any atom is -0.481 e. The van der Waals surface area contributed by atoms with E-state index in [0.717, 1.165) is 18.4 Å². The molecule has 3 aromatic rings. The first-order valence-corrected chi connectivity index (χ1v) is 11.5. The standard InChI is InChI=1S/C25H27N7O5/c1-2-3-4-5-16(12-17-13-28-22-20(29-17)21(26)31-25(27)32-22)14-6-8-15(9-7-14)23(35)30-18(24(36)37)10-11-19(33)34/h1,6-9,13,16,18H,3-5,10-12H2,(H,30,35)(H,33,34)(H,36,37)(H4,26,27,28,31,32)/t16?,18-/m0/s1. The van der Waals surface area contributed by atoms with Crippen LogP contribution in [0.4, 0.5) is 11.8 Å². The lowest BCUT2D eigenvalue weighted by Crippen LogP contribution is -2.41. The van der Waals surface area contributed by atoms with Gasteiger partial charge in [-0.3, -0.25) is 9.59 Å². The second-order valence-electron chi connectivity index (χ2n) is 8.42. The van der Waals surface area contributed by atoms with Gasteiger partial charge in [-0.15, -0.1) is 12.3 Å². The number of carboxylic acids is 2. The van der Waals surface area contributed by atoms with E-state index in [4.69, 9.17) is 23.0 Å². The molecule has 0 aliphatic heterocycles. The van der Waals surface area contributed by atoms with Crippen LogP contribution >= 0.6 is 0 Å². The van der Waals surface area contributed by atoms with Crippen molar-refractivity contribution in [3.05, 3.63) is 47.3 Å². The van der Waals surface area contributed by atoms with Gasteiger partial charge in [0.1, 0.15) is 6.04 Å². The average molecular weight is 506 g/mol. The molecule has 12 nitrogen and oxygen atoms in total. The number of carboxylic acid groups (broad SMARTS) is 2. The Labute approximate surface area is 212 Å². The number of aromatic nitrogens is 4. The molecule has 1 aromatic carbocycles. The molecule has 0 radical (unpaired) electrons. The summed E-state index contributed by atoms with van der Waals surface area (Å²) in [5, 5.41) is 20.4. The Balaban J connectivity index is 1.78. The molecule has 2 heterocycles. The second kappa shape index (κ2) is 12.3. The van der Waals surface area contributed by atoms with Crippen LogP contribution in [-0.2, 0) is 16.0 Å². The fourth-order valence-corrected chi connectivity index (χ4v) is 3.84. The molecule has 0 bridgehead atoms. The molecular weight excluding hydrogens is 478 g/mol. The van der Waals surface area contributed by atoms with Crippen molar-refractivity contribution in [2.45, 2.75) is 50.5 Å². The summed E-state index contributed by atoms with van der Waals surface area (Å²) in [5.41, 5.74) is 14.1. The van der Waals surface area contributed by atoms with Crippen molar-refractivity contribution in [2.75, 3.05) is 11.5 Å². The molecule has 0 spiro atoms. The Morgan fingerprint density at radius 3 is 2.43 bits per heavy atom. The van der Waals surface area contributed by atoms with Gasteiger partial charge < -0.3 is 27.0 Å². The van der Waals surface area contributed by atoms with Crippen LogP contribution < -0.4 is 16.8 Å². The van der Waals surface area contributed by atoms with Gasteiger partial charge in [-0.25, -0.2) is 14.8 Å². The van der Waals surface area contributed by atoms with Gasteiger partial charge in [0.2, 0.25) is 5.95 Å². The van der Waals surface area contributed by atoms with Gasteiger partial charge >= 0.3 is 11.9 Å². The van der Waals surface area contributed by atoms with E-state index in [9.17, 15) is 19.5 Å². The van der Waals surface area contributed by atoms with E-state index >= 15 is 0 Å². The van der Waals surface area contributed by atoms with Crippen molar-refractivity contribution in [1.29, 1.82) is 0 Å². The summed E-state index contributed by atoms with van der Waals surface area (Å²) in [7, 11) is 0. The highest BCUT2D eigenvalue weighted by atomic mass is 16.4. The molecule has 1 amide bonds. The SMILES string of the molecule is C#CCCCC(Cc1cnc2nc(N)nc(N)c2n1)c1ccc(C(=O)N[C@@H](CCC(=O)O)C(=O)O)cc1. The first-order chi connectivity index (χ1) is 17.7. The van der Waals surface area contributed by atoms with Crippen LogP contribution in [0.2, 0.25) is 0 Å². The summed E-state index contributed by atoms with van der Waals surface area (Å²) in [6, 6.07) is 5.45. The van der Waals surface area contributed by atoms with Gasteiger partial charge in [0.25, 0.3) is 5.91 Å². The Hall–Kier alpha value is -4.79. The first kappa shape index (κ1) is 26.8. The molecule has 1 unspecified atom stereocenters.